The summed E-state index contributed by atoms with van der Waals surface area (Å²) in [5.41, 5.74) is 16.3. The zero-order valence-electron chi connectivity index (χ0n) is 41.4. The van der Waals surface area contributed by atoms with Gasteiger partial charge >= 0.3 is 0 Å². The summed E-state index contributed by atoms with van der Waals surface area (Å²) in [7, 11) is -2.64. The summed E-state index contributed by atoms with van der Waals surface area (Å²) in [6.07, 6.45) is 0. The van der Waals surface area contributed by atoms with Gasteiger partial charge in [-0.3, -0.25) is 0 Å². The van der Waals surface area contributed by atoms with Crippen molar-refractivity contribution in [3.8, 4) is 50.2 Å². The summed E-state index contributed by atoms with van der Waals surface area (Å²) in [5.74, 6) is 0. The van der Waals surface area contributed by atoms with Crippen molar-refractivity contribution in [2.45, 2.75) is 0 Å². The molecule has 0 saturated carbocycles. The predicted octanol–water partition coefficient (Wildman–Crippen LogP) is 16.3. The highest BCUT2D eigenvalue weighted by Gasteiger charge is 2.41. The Morgan fingerprint density at radius 3 is 0.853 bits per heavy atom. The second-order valence-corrected chi connectivity index (χ2v) is 23.1. The number of anilines is 3. The molecular formula is C72H52N2Si. The molecule has 0 atom stereocenters. The van der Waals surface area contributed by atoms with Crippen LogP contribution in [0, 0.1) is 0 Å². The molecule has 0 bridgehead atoms. The predicted molar refractivity (Wildman–Crippen MR) is 321 cm³/mol. The maximum absolute atomic E-state index is 2.64. The molecule has 0 aliphatic rings. The molecule has 0 fully saturated rings. The number of nitrogens with zero attached hydrogens (tertiary/aromatic N) is 2. The molecular weight excluding hydrogens is 921 g/mol. The van der Waals surface area contributed by atoms with Crippen molar-refractivity contribution in [1.82, 2.24) is 4.57 Å². The van der Waals surface area contributed by atoms with Crippen LogP contribution < -0.4 is 25.6 Å². The number of hydrogen-bond acceptors (Lipinski definition) is 1. The van der Waals surface area contributed by atoms with Crippen LogP contribution in [0.5, 0.6) is 0 Å². The summed E-state index contributed by atoms with van der Waals surface area (Å²) in [5, 5.41) is 7.92. The van der Waals surface area contributed by atoms with Crippen molar-refractivity contribution < 1.29 is 0 Å². The molecule has 13 rings (SSSR count). The Morgan fingerprint density at radius 1 is 0.227 bits per heavy atom. The van der Waals surface area contributed by atoms with E-state index in [1.807, 2.05) is 0 Å². The molecule has 13 aromatic rings. The maximum Gasteiger partial charge on any atom is 0.179 e. The third kappa shape index (κ3) is 8.45. The quantitative estimate of drug-likeness (QED) is 0.0875. The Kier molecular flexibility index (Phi) is 12.0. The van der Waals surface area contributed by atoms with Crippen LogP contribution in [0.25, 0.3) is 72.0 Å². The molecule has 0 unspecified atom stereocenters. The highest BCUT2D eigenvalue weighted by Crippen LogP contribution is 2.40. The first-order valence-electron chi connectivity index (χ1n) is 25.8. The van der Waals surface area contributed by atoms with E-state index >= 15 is 0 Å². The third-order valence-electron chi connectivity index (χ3n) is 15.0. The summed E-state index contributed by atoms with van der Waals surface area (Å²) in [4.78, 5) is 2.37. The lowest BCUT2D eigenvalue weighted by atomic mass is 10.0. The van der Waals surface area contributed by atoms with Gasteiger partial charge in [0, 0.05) is 33.5 Å². The van der Waals surface area contributed by atoms with Gasteiger partial charge < -0.3 is 9.47 Å². The van der Waals surface area contributed by atoms with Gasteiger partial charge in [0.1, 0.15) is 0 Å². The van der Waals surface area contributed by atoms with E-state index in [2.05, 4.69) is 325 Å². The Bertz CT molecular complexity index is 3840. The fraction of sp³-hybridized carbons (Fsp3) is 0. The highest BCUT2D eigenvalue weighted by atomic mass is 28.3. The molecule has 354 valence electrons. The summed E-state index contributed by atoms with van der Waals surface area (Å²) >= 11 is 0. The van der Waals surface area contributed by atoms with Crippen LogP contribution >= 0.6 is 0 Å². The van der Waals surface area contributed by atoms with Gasteiger partial charge in [-0.1, -0.05) is 243 Å². The Balaban J connectivity index is 0.884. The van der Waals surface area contributed by atoms with Crippen LogP contribution in [0.3, 0.4) is 0 Å². The van der Waals surface area contributed by atoms with E-state index in [4.69, 9.17) is 0 Å². The van der Waals surface area contributed by atoms with Gasteiger partial charge in [0.2, 0.25) is 0 Å². The lowest BCUT2D eigenvalue weighted by Gasteiger charge is -2.34. The van der Waals surface area contributed by atoms with Crippen LogP contribution in [-0.4, -0.2) is 12.6 Å². The van der Waals surface area contributed by atoms with Gasteiger partial charge in [0.25, 0.3) is 0 Å². The van der Waals surface area contributed by atoms with Gasteiger partial charge in [0.05, 0.1) is 11.0 Å². The van der Waals surface area contributed by atoms with Gasteiger partial charge in [-0.05, 0) is 138 Å². The standard InChI is InChI=1S/C72H52N2Si/c1-7-19-53(20-8-1)56-31-39-61(40-32-56)73(62-41-33-57(34-42-62)58-35-47-68(48-36-58)75(65-25-13-4-14-26-65,66-27-15-5-16-28-66)67-29-17-6-18-30-67)63-43-45-64(46-44-63)74-71-49-37-59(54-21-9-2-10-22-54)51-69(71)70-52-60(38-50-72(70)74)55-23-11-3-12-24-55/h1-52H. The minimum atomic E-state index is -2.64. The second-order valence-electron chi connectivity index (χ2n) is 19.3. The van der Waals surface area contributed by atoms with Gasteiger partial charge in [-0.2, -0.15) is 0 Å². The molecule has 75 heavy (non-hydrogen) atoms. The molecule has 2 nitrogen and oxygen atoms in total. The highest BCUT2D eigenvalue weighted by molar-refractivity contribution is 7.19. The maximum atomic E-state index is 2.42. The first-order chi connectivity index (χ1) is 37.2. The number of aromatic nitrogens is 1. The molecule has 0 spiro atoms. The zero-order chi connectivity index (χ0) is 50.0. The Morgan fingerprint density at radius 2 is 0.493 bits per heavy atom. The SMILES string of the molecule is c1ccc(-c2ccc(N(c3ccc(-c4ccc([Si](c5ccccc5)(c5ccccc5)c5ccccc5)cc4)cc3)c3ccc(-n4c5ccc(-c6ccccc6)cc5c5cc(-c6ccccc6)ccc54)cc3)cc2)cc1. The van der Waals surface area contributed by atoms with Crippen molar-refractivity contribution in [1.29, 1.82) is 0 Å². The van der Waals surface area contributed by atoms with Crippen molar-refractivity contribution >= 4 is 67.7 Å². The third-order valence-corrected chi connectivity index (χ3v) is 19.8. The minimum absolute atomic E-state index is 1.07. The molecule has 0 N–H and O–H groups in total. The fourth-order valence-electron chi connectivity index (χ4n) is 11.3. The summed E-state index contributed by atoms with van der Waals surface area (Å²) in [6.45, 7) is 0. The zero-order valence-corrected chi connectivity index (χ0v) is 42.4. The lowest BCUT2D eigenvalue weighted by Crippen LogP contribution is -2.74. The molecule has 0 amide bonds. The molecule has 1 aromatic heterocycles. The summed E-state index contributed by atoms with van der Waals surface area (Å²) < 4.78 is 2.42. The largest absolute Gasteiger partial charge is 0.311 e. The first kappa shape index (κ1) is 45.3. The van der Waals surface area contributed by atoms with Crippen LogP contribution in [-0.2, 0) is 0 Å². The first-order valence-corrected chi connectivity index (χ1v) is 27.8. The van der Waals surface area contributed by atoms with Crippen molar-refractivity contribution in [2.75, 3.05) is 4.90 Å². The van der Waals surface area contributed by atoms with Crippen LogP contribution in [0.15, 0.2) is 315 Å². The molecule has 0 aliphatic carbocycles. The Labute approximate surface area is 440 Å². The molecule has 1 heterocycles. The number of benzene rings is 12. The van der Waals surface area contributed by atoms with Gasteiger partial charge in [-0.15, -0.1) is 0 Å². The van der Waals surface area contributed by atoms with Crippen molar-refractivity contribution in [3.05, 3.63) is 315 Å². The second kappa shape index (κ2) is 19.8. The number of rotatable bonds is 12. The van der Waals surface area contributed by atoms with Crippen LogP contribution in [0.2, 0.25) is 0 Å². The monoisotopic (exact) mass is 972 g/mol. The van der Waals surface area contributed by atoms with Gasteiger partial charge in [-0.25, -0.2) is 0 Å². The average Bonchev–Trinajstić information content (AvgIpc) is 3.83. The topological polar surface area (TPSA) is 8.17 Å². The van der Waals surface area contributed by atoms with E-state index in [0.717, 1.165) is 22.7 Å². The van der Waals surface area contributed by atoms with E-state index in [-0.39, 0.29) is 0 Å². The van der Waals surface area contributed by atoms with E-state index in [1.54, 1.807) is 0 Å². The van der Waals surface area contributed by atoms with Crippen molar-refractivity contribution in [2.24, 2.45) is 0 Å². The molecule has 12 aromatic carbocycles. The Hall–Kier alpha value is -9.54. The van der Waals surface area contributed by atoms with Crippen LogP contribution in [0.4, 0.5) is 17.1 Å². The lowest BCUT2D eigenvalue weighted by molar-refractivity contribution is 1.17. The molecule has 0 radical (unpaired) electrons. The molecule has 0 aliphatic heterocycles. The molecule has 0 saturated heterocycles. The van der Waals surface area contributed by atoms with Gasteiger partial charge in [0.15, 0.2) is 8.07 Å². The molecule has 3 heteroatoms. The number of hydrogen-bond donors (Lipinski definition) is 0. The smallest absolute Gasteiger partial charge is 0.179 e. The summed E-state index contributed by atoms with van der Waals surface area (Å²) in [6, 6.07) is 116. The van der Waals surface area contributed by atoms with Crippen molar-refractivity contribution in [3.63, 3.8) is 0 Å². The van der Waals surface area contributed by atoms with E-state index < -0.39 is 8.07 Å². The average molecular weight is 973 g/mol. The van der Waals surface area contributed by atoms with E-state index in [1.165, 1.54) is 87.1 Å². The van der Waals surface area contributed by atoms with E-state index in [0.29, 0.717) is 0 Å². The minimum Gasteiger partial charge on any atom is -0.311 e. The number of fused-ring (bicyclic) bond motifs is 3. The normalized spacial score (nSPS) is 11.5. The fourth-order valence-corrected chi connectivity index (χ4v) is 16.1. The van der Waals surface area contributed by atoms with Crippen LogP contribution in [0.1, 0.15) is 0 Å². The van der Waals surface area contributed by atoms with E-state index in [9.17, 15) is 0 Å².